The van der Waals surface area contributed by atoms with Gasteiger partial charge in [-0.25, -0.2) is 4.98 Å². The number of nitrogens with zero attached hydrogens (tertiary/aromatic N) is 1. The number of nitrogens with one attached hydrogen (secondary N) is 2. The van der Waals surface area contributed by atoms with Gasteiger partial charge >= 0.3 is 0 Å². The second-order valence-corrected chi connectivity index (χ2v) is 6.33. The van der Waals surface area contributed by atoms with E-state index in [-0.39, 0.29) is 17.2 Å². The van der Waals surface area contributed by atoms with E-state index in [1.165, 1.54) is 17.8 Å². The number of H-pyrrole nitrogens is 1. The van der Waals surface area contributed by atoms with Crippen LogP contribution in [-0.4, -0.2) is 28.7 Å². The topological polar surface area (TPSA) is 84.1 Å². The maximum Gasteiger partial charge on any atom is 0.252 e. The van der Waals surface area contributed by atoms with Crippen molar-refractivity contribution in [3.05, 3.63) is 71.0 Å². The van der Waals surface area contributed by atoms with Crippen molar-refractivity contribution in [2.75, 3.05) is 18.2 Å². The summed E-state index contributed by atoms with van der Waals surface area (Å²) in [7, 11) is 1.57. The van der Waals surface area contributed by atoms with Gasteiger partial charge in [-0.05, 0) is 12.1 Å². The van der Waals surface area contributed by atoms with Crippen LogP contribution >= 0.6 is 11.8 Å². The Kier molecular flexibility index (Phi) is 5.70. The Labute approximate surface area is 154 Å². The molecule has 2 aromatic carbocycles. The molecule has 3 rings (SSSR count). The Morgan fingerprint density at radius 2 is 1.96 bits per heavy atom. The van der Waals surface area contributed by atoms with E-state index in [1.54, 1.807) is 31.4 Å². The molecule has 6 nitrogen and oxygen atoms in total. The van der Waals surface area contributed by atoms with Crippen LogP contribution in [0.2, 0.25) is 0 Å². The van der Waals surface area contributed by atoms with Gasteiger partial charge in [-0.3, -0.25) is 9.59 Å². The average Bonchev–Trinajstić information content (AvgIpc) is 2.67. The first-order valence-corrected chi connectivity index (χ1v) is 8.86. The minimum Gasteiger partial charge on any atom is -0.497 e. The van der Waals surface area contributed by atoms with Crippen molar-refractivity contribution in [2.24, 2.45) is 0 Å². The molecule has 0 aliphatic heterocycles. The van der Waals surface area contributed by atoms with Crippen LogP contribution in [0.5, 0.6) is 5.75 Å². The van der Waals surface area contributed by atoms with Crippen LogP contribution < -0.4 is 15.6 Å². The van der Waals surface area contributed by atoms with Crippen molar-refractivity contribution in [2.45, 2.75) is 5.16 Å². The standard InChI is InChI=1S/C19H17N3O3S/c1-25-15-9-5-8-14(10-15)20-18(24)12-26-19-21-16(11-17(23)22-19)13-6-3-2-4-7-13/h2-11H,12H2,1H3,(H,20,24)(H,21,22,23). The second-order valence-electron chi connectivity index (χ2n) is 5.37. The van der Waals surface area contributed by atoms with Gasteiger partial charge in [-0.15, -0.1) is 0 Å². The van der Waals surface area contributed by atoms with E-state index < -0.39 is 0 Å². The zero-order chi connectivity index (χ0) is 18.4. The molecule has 3 aromatic rings. The highest BCUT2D eigenvalue weighted by atomic mass is 32.2. The first kappa shape index (κ1) is 17.8. The Balaban J connectivity index is 1.66. The van der Waals surface area contributed by atoms with Gasteiger partial charge in [0.05, 0.1) is 18.6 Å². The van der Waals surface area contributed by atoms with E-state index in [0.717, 1.165) is 5.56 Å². The highest BCUT2D eigenvalue weighted by Crippen LogP contribution is 2.20. The van der Waals surface area contributed by atoms with Crippen LogP contribution in [-0.2, 0) is 4.79 Å². The molecule has 0 radical (unpaired) electrons. The minimum absolute atomic E-state index is 0.123. The van der Waals surface area contributed by atoms with Crippen LogP contribution in [0.1, 0.15) is 0 Å². The third-order valence-electron chi connectivity index (χ3n) is 3.48. The first-order valence-electron chi connectivity index (χ1n) is 7.87. The van der Waals surface area contributed by atoms with E-state index in [1.807, 2.05) is 30.3 Å². The number of aromatic nitrogens is 2. The number of anilines is 1. The van der Waals surface area contributed by atoms with Gasteiger partial charge in [-0.2, -0.15) is 0 Å². The van der Waals surface area contributed by atoms with Gasteiger partial charge in [0.25, 0.3) is 5.56 Å². The molecule has 7 heteroatoms. The molecule has 0 spiro atoms. The van der Waals surface area contributed by atoms with Crippen LogP contribution in [0.4, 0.5) is 5.69 Å². The number of hydrogen-bond acceptors (Lipinski definition) is 5. The molecule has 0 saturated heterocycles. The number of benzene rings is 2. The van der Waals surface area contributed by atoms with E-state index >= 15 is 0 Å². The Bertz CT molecular complexity index is 957. The largest absolute Gasteiger partial charge is 0.497 e. The molecular formula is C19H17N3O3S. The predicted octanol–water partition coefficient (Wildman–Crippen LogP) is 3.18. The molecule has 0 fully saturated rings. The SMILES string of the molecule is COc1cccc(NC(=O)CSc2nc(-c3ccccc3)cc(=O)[nH]2)c1. The summed E-state index contributed by atoms with van der Waals surface area (Å²) in [6.07, 6.45) is 0. The fourth-order valence-electron chi connectivity index (χ4n) is 2.29. The van der Waals surface area contributed by atoms with Crippen molar-refractivity contribution >= 4 is 23.4 Å². The fourth-order valence-corrected chi connectivity index (χ4v) is 2.97. The molecule has 1 amide bonds. The summed E-state index contributed by atoms with van der Waals surface area (Å²) < 4.78 is 5.13. The van der Waals surface area contributed by atoms with Crippen molar-refractivity contribution < 1.29 is 9.53 Å². The molecule has 0 aliphatic carbocycles. The van der Waals surface area contributed by atoms with Gasteiger partial charge in [0.2, 0.25) is 5.91 Å². The highest BCUT2D eigenvalue weighted by Gasteiger charge is 2.08. The van der Waals surface area contributed by atoms with Crippen LogP contribution in [0.15, 0.2) is 70.6 Å². The van der Waals surface area contributed by atoms with Crippen molar-refractivity contribution in [3.63, 3.8) is 0 Å². The van der Waals surface area contributed by atoms with Crippen molar-refractivity contribution in [1.29, 1.82) is 0 Å². The molecule has 1 aromatic heterocycles. The number of ether oxygens (including phenoxy) is 1. The summed E-state index contributed by atoms with van der Waals surface area (Å²) >= 11 is 1.17. The lowest BCUT2D eigenvalue weighted by atomic mass is 10.1. The monoisotopic (exact) mass is 367 g/mol. The molecule has 1 heterocycles. The first-order chi connectivity index (χ1) is 12.6. The summed E-state index contributed by atoms with van der Waals surface area (Å²) in [6, 6.07) is 18.0. The van der Waals surface area contributed by atoms with Gasteiger partial charge in [0, 0.05) is 23.4 Å². The van der Waals surface area contributed by atoms with E-state index in [4.69, 9.17) is 4.74 Å². The second kappa shape index (κ2) is 8.35. The molecular weight excluding hydrogens is 350 g/mol. The molecule has 132 valence electrons. The maximum absolute atomic E-state index is 12.1. The zero-order valence-corrected chi connectivity index (χ0v) is 14.9. The third-order valence-corrected chi connectivity index (χ3v) is 4.36. The van der Waals surface area contributed by atoms with Gasteiger partial charge in [0.1, 0.15) is 5.75 Å². The number of thioether (sulfide) groups is 1. The number of carbonyl (C=O) groups excluding carboxylic acids is 1. The lowest BCUT2D eigenvalue weighted by Gasteiger charge is -2.07. The lowest BCUT2D eigenvalue weighted by molar-refractivity contribution is -0.113. The quantitative estimate of drug-likeness (QED) is 0.516. The van der Waals surface area contributed by atoms with E-state index in [0.29, 0.717) is 22.3 Å². The molecule has 2 N–H and O–H groups in total. The van der Waals surface area contributed by atoms with Crippen LogP contribution in [0.25, 0.3) is 11.3 Å². The Morgan fingerprint density at radius 1 is 1.15 bits per heavy atom. The summed E-state index contributed by atoms with van der Waals surface area (Å²) in [5.74, 6) is 0.589. The normalized spacial score (nSPS) is 10.3. The fraction of sp³-hybridized carbons (Fsp3) is 0.105. The Hall–Kier alpha value is -3.06. The third kappa shape index (κ3) is 4.73. The average molecular weight is 367 g/mol. The predicted molar refractivity (Wildman–Crippen MR) is 103 cm³/mol. The smallest absolute Gasteiger partial charge is 0.252 e. The number of rotatable bonds is 6. The summed E-state index contributed by atoms with van der Waals surface area (Å²) in [4.78, 5) is 31.1. The lowest BCUT2D eigenvalue weighted by Crippen LogP contribution is -2.15. The molecule has 0 aliphatic rings. The minimum atomic E-state index is -0.255. The zero-order valence-electron chi connectivity index (χ0n) is 14.1. The molecule has 0 unspecified atom stereocenters. The van der Waals surface area contributed by atoms with E-state index in [9.17, 15) is 9.59 Å². The number of aromatic amines is 1. The molecule has 26 heavy (non-hydrogen) atoms. The molecule has 0 saturated carbocycles. The number of methoxy groups -OCH3 is 1. The Morgan fingerprint density at radius 3 is 2.73 bits per heavy atom. The van der Waals surface area contributed by atoms with Crippen molar-refractivity contribution in [3.8, 4) is 17.0 Å². The van der Waals surface area contributed by atoms with Gasteiger partial charge in [-0.1, -0.05) is 48.2 Å². The summed E-state index contributed by atoms with van der Waals surface area (Å²) in [6.45, 7) is 0. The number of hydrogen-bond donors (Lipinski definition) is 2. The van der Waals surface area contributed by atoms with Crippen LogP contribution in [0.3, 0.4) is 0 Å². The van der Waals surface area contributed by atoms with E-state index in [2.05, 4.69) is 15.3 Å². The summed E-state index contributed by atoms with van der Waals surface area (Å²) in [5.41, 5.74) is 1.82. The maximum atomic E-state index is 12.1. The highest BCUT2D eigenvalue weighted by molar-refractivity contribution is 7.99. The molecule has 0 bridgehead atoms. The van der Waals surface area contributed by atoms with Gasteiger partial charge in [0.15, 0.2) is 5.16 Å². The number of amides is 1. The van der Waals surface area contributed by atoms with Crippen molar-refractivity contribution in [1.82, 2.24) is 9.97 Å². The van der Waals surface area contributed by atoms with Crippen LogP contribution in [0, 0.1) is 0 Å². The summed E-state index contributed by atoms with van der Waals surface area (Å²) in [5, 5.41) is 3.19. The van der Waals surface area contributed by atoms with Gasteiger partial charge < -0.3 is 15.0 Å². The number of carbonyl (C=O) groups is 1. The molecule has 0 atom stereocenters.